The van der Waals surface area contributed by atoms with Gasteiger partial charge in [0, 0.05) is 36.3 Å². The summed E-state index contributed by atoms with van der Waals surface area (Å²) in [5.74, 6) is -4.50. The van der Waals surface area contributed by atoms with Gasteiger partial charge in [0.05, 0.1) is 91.3 Å². The smallest absolute Gasteiger partial charge is 0.468 e. The van der Waals surface area contributed by atoms with Gasteiger partial charge in [-0.1, -0.05) is 12.1 Å². The SMILES string of the molecule is Cc1nc(N[C@H](C)c2ccc(OC(F)(F)F)cc2)nc(N[C@@H]2C[C@H](C(O)CO)[C@@H](O)[C@H]2Oc2nccc3sc(-c4c(C)nc(NC5CC5)nc4N[C@@H]4C[C@H](CS(=O)(=O)c5cc(F)cc(F)c5)[C@@H](O)[C@H]4O)nc23)c1-c1nc2c(C)nccc2s1. The van der Waals surface area contributed by atoms with E-state index in [9.17, 15) is 55.9 Å². The molecule has 9 N–H and O–H groups in total. The topological polar surface area (TPSA) is 305 Å². The summed E-state index contributed by atoms with van der Waals surface area (Å²) in [6.07, 6.45) is -7.08. The molecule has 3 saturated carbocycles. The maximum atomic E-state index is 14.1. The number of hydrogen-bond acceptors (Lipinski definition) is 23. The van der Waals surface area contributed by atoms with Crippen LogP contribution in [0.15, 0.2) is 71.9 Å². The average Bonchev–Trinajstić information content (AvgIpc) is 2.47. The fraction of sp³-hybridized carbons (Fsp3) is 0.407. The summed E-state index contributed by atoms with van der Waals surface area (Å²) < 4.78 is 106. The number of alkyl halides is 3. The lowest BCUT2D eigenvalue weighted by atomic mass is 9.99. The molecular formula is C54H55F5N12O9S3. The van der Waals surface area contributed by atoms with Gasteiger partial charge < -0.3 is 56.3 Å². The highest BCUT2D eigenvalue weighted by atomic mass is 32.2. The zero-order valence-corrected chi connectivity index (χ0v) is 47.0. The first-order chi connectivity index (χ1) is 39.5. The van der Waals surface area contributed by atoms with Crippen molar-refractivity contribution in [2.45, 2.75) is 119 Å². The third kappa shape index (κ3) is 12.3. The molecule has 2 aromatic carbocycles. The lowest BCUT2D eigenvalue weighted by molar-refractivity contribution is -0.274. The number of aliphatic hydroxyl groups excluding tert-OH is 5. The van der Waals surface area contributed by atoms with Gasteiger partial charge in [-0.3, -0.25) is 4.98 Å². The Balaban J connectivity index is 0.916. The van der Waals surface area contributed by atoms with Crippen LogP contribution in [0, 0.1) is 44.2 Å². The van der Waals surface area contributed by atoms with Crippen molar-refractivity contribution in [2.75, 3.05) is 33.6 Å². The molecule has 3 aliphatic rings. The van der Waals surface area contributed by atoms with Crippen LogP contribution in [0.3, 0.4) is 0 Å². The molecular weight excluding hydrogens is 1150 g/mol. The van der Waals surface area contributed by atoms with E-state index in [1.807, 2.05) is 13.0 Å². The Morgan fingerprint density at radius 2 is 1.33 bits per heavy atom. The second kappa shape index (κ2) is 22.8. The van der Waals surface area contributed by atoms with Gasteiger partial charge in [0.2, 0.25) is 17.8 Å². The van der Waals surface area contributed by atoms with Gasteiger partial charge in [0.1, 0.15) is 62.3 Å². The number of anilines is 4. The van der Waals surface area contributed by atoms with Crippen molar-refractivity contribution in [3.8, 4) is 32.8 Å². The average molecular weight is 1210 g/mol. The van der Waals surface area contributed by atoms with Crippen molar-refractivity contribution in [1.29, 1.82) is 0 Å². The maximum Gasteiger partial charge on any atom is 0.573 e. The Morgan fingerprint density at radius 3 is 1.95 bits per heavy atom. The molecule has 0 amide bonds. The Morgan fingerprint density at radius 1 is 0.723 bits per heavy atom. The zero-order chi connectivity index (χ0) is 58.8. The van der Waals surface area contributed by atoms with Crippen LogP contribution in [-0.4, -0.2) is 141 Å². The third-order valence-corrected chi connectivity index (χ3v) is 18.8. The number of benzene rings is 2. The highest BCUT2D eigenvalue weighted by molar-refractivity contribution is 7.91. The van der Waals surface area contributed by atoms with E-state index in [-0.39, 0.29) is 53.8 Å². The number of halogens is 5. The summed E-state index contributed by atoms with van der Waals surface area (Å²) in [6, 6.07) is 8.55. The Kier molecular flexibility index (Phi) is 15.8. The van der Waals surface area contributed by atoms with Crippen LogP contribution in [-0.2, 0) is 9.84 Å². The molecule has 29 heteroatoms. The number of ether oxygens (including phenoxy) is 2. The summed E-state index contributed by atoms with van der Waals surface area (Å²) in [5, 5.41) is 70.2. The van der Waals surface area contributed by atoms with Crippen LogP contribution in [0.2, 0.25) is 0 Å². The van der Waals surface area contributed by atoms with Crippen LogP contribution in [0.25, 0.3) is 41.6 Å². The van der Waals surface area contributed by atoms with Crippen molar-refractivity contribution in [1.82, 2.24) is 39.9 Å². The molecule has 8 aromatic rings. The first-order valence-electron chi connectivity index (χ1n) is 26.3. The number of aromatic nitrogens is 8. The first kappa shape index (κ1) is 57.7. The number of aliphatic hydroxyl groups is 5. The van der Waals surface area contributed by atoms with Crippen LogP contribution >= 0.6 is 22.7 Å². The normalized spacial score (nSPS) is 22.7. The summed E-state index contributed by atoms with van der Waals surface area (Å²) in [7, 11) is -4.34. The van der Waals surface area contributed by atoms with E-state index in [1.165, 1.54) is 53.1 Å². The molecule has 3 aliphatic carbocycles. The van der Waals surface area contributed by atoms with E-state index >= 15 is 0 Å². The number of hydrogen-bond donors (Lipinski definition) is 9. The van der Waals surface area contributed by atoms with E-state index in [4.69, 9.17) is 34.6 Å². The summed E-state index contributed by atoms with van der Waals surface area (Å²) in [4.78, 5) is 37.6. The monoisotopic (exact) mass is 1210 g/mol. The number of nitrogens with zero attached hydrogens (tertiary/aromatic N) is 8. The summed E-state index contributed by atoms with van der Waals surface area (Å²) >= 11 is 2.58. The second-order valence-electron chi connectivity index (χ2n) is 20.9. The Hall–Kier alpha value is -7.12. The van der Waals surface area contributed by atoms with Crippen LogP contribution in [0.5, 0.6) is 11.6 Å². The van der Waals surface area contributed by atoms with Gasteiger partial charge in [0.25, 0.3) is 0 Å². The number of aryl methyl sites for hydroxylation is 3. The molecule has 6 aromatic heterocycles. The Bertz CT molecular complexity index is 3820. The van der Waals surface area contributed by atoms with Crippen LogP contribution in [0.4, 0.5) is 45.5 Å². The van der Waals surface area contributed by atoms with Crippen molar-refractivity contribution in [2.24, 2.45) is 11.8 Å². The molecule has 21 nitrogen and oxygen atoms in total. The molecule has 0 radical (unpaired) electrons. The van der Waals surface area contributed by atoms with E-state index in [1.54, 1.807) is 33.0 Å². The van der Waals surface area contributed by atoms with Crippen LogP contribution in [0.1, 0.15) is 61.3 Å². The minimum atomic E-state index is -4.87. The number of fused-ring (bicyclic) bond motifs is 2. The number of rotatable bonds is 19. The van der Waals surface area contributed by atoms with Crippen molar-refractivity contribution in [3.05, 3.63) is 101 Å². The van der Waals surface area contributed by atoms with Gasteiger partial charge in [-0.05, 0) is 95.3 Å². The van der Waals surface area contributed by atoms with Gasteiger partial charge in [-0.2, -0.15) is 9.97 Å². The molecule has 0 spiro atoms. The second-order valence-corrected chi connectivity index (χ2v) is 25.0. The molecule has 0 saturated heterocycles. The predicted molar refractivity (Wildman–Crippen MR) is 298 cm³/mol. The van der Waals surface area contributed by atoms with E-state index in [0.29, 0.717) is 72.2 Å². The molecule has 6 heterocycles. The largest absolute Gasteiger partial charge is 0.573 e. The highest BCUT2D eigenvalue weighted by Crippen LogP contribution is 2.44. The minimum absolute atomic E-state index is 0.0206. The van der Waals surface area contributed by atoms with Crippen LogP contribution < -0.4 is 30.7 Å². The van der Waals surface area contributed by atoms with Crippen molar-refractivity contribution >= 4 is 76.5 Å². The first-order valence-corrected chi connectivity index (χ1v) is 29.6. The van der Waals surface area contributed by atoms with E-state index < -0.39 is 111 Å². The number of thiazole rings is 2. The molecule has 438 valence electrons. The quantitative estimate of drug-likeness (QED) is 0.0356. The molecule has 1 unspecified atom stereocenters. The number of pyridine rings is 2. The molecule has 83 heavy (non-hydrogen) atoms. The summed E-state index contributed by atoms with van der Waals surface area (Å²) in [5.41, 5.74) is 3.97. The minimum Gasteiger partial charge on any atom is -0.468 e. The standard InChI is InChI=1S/C54H55F5N12O9S3/c1-22(26-5-9-31(10-6-26)80-54(57,58)59)62-52-63-23(2)40(50-68-41-25(4)60-13-11-37(41)81-50)48(70-52)67-35-19-33(36(73)20-72)44(75)46(35)79-49-42-38(12-14-61-49)82-51(69-42)39-24(3)64-53(65-30-7-8-30)71-47(39)66-34-15-27(43(74)45(34)76)21-83(77,78)32-17-28(55)16-29(56)18-32/h5-6,9-14,16-18,22,27,30,33-36,43-46,72-76H,7-8,15,19-21H2,1-4H3,(H2,62,63,67,70)(H2,64,65,66,71)/t22-,27-,33-,34-,35-,36?,43-,44-,45+,46+/m1/s1. The zero-order valence-electron chi connectivity index (χ0n) is 44.5. The predicted octanol–water partition coefficient (Wildman–Crippen LogP) is 7.42. The van der Waals surface area contributed by atoms with E-state index in [2.05, 4.69) is 36.0 Å². The lowest BCUT2D eigenvalue weighted by Crippen LogP contribution is -2.42. The highest BCUT2D eigenvalue weighted by Gasteiger charge is 2.49. The fourth-order valence-electron chi connectivity index (χ4n) is 10.6. The number of sulfone groups is 1. The van der Waals surface area contributed by atoms with Gasteiger partial charge in [0.15, 0.2) is 9.84 Å². The molecule has 10 atom stereocenters. The van der Waals surface area contributed by atoms with Gasteiger partial charge in [-0.25, -0.2) is 42.1 Å². The van der Waals surface area contributed by atoms with E-state index in [0.717, 1.165) is 17.5 Å². The lowest BCUT2D eigenvalue weighted by Gasteiger charge is -2.26. The molecule has 11 rings (SSSR count). The van der Waals surface area contributed by atoms with Gasteiger partial charge in [-0.15, -0.1) is 35.8 Å². The van der Waals surface area contributed by atoms with Crippen molar-refractivity contribution in [3.63, 3.8) is 0 Å². The molecule has 3 fully saturated rings. The maximum absolute atomic E-state index is 14.1. The molecule has 0 bridgehead atoms. The number of nitrogens with one attached hydrogen (secondary N) is 4. The fourth-order valence-corrected chi connectivity index (χ4v) is 14.5. The van der Waals surface area contributed by atoms with Crippen molar-refractivity contribution < 1.29 is 65.4 Å². The summed E-state index contributed by atoms with van der Waals surface area (Å²) in [6.45, 7) is 6.41. The van der Waals surface area contributed by atoms with Gasteiger partial charge >= 0.3 is 6.36 Å². The third-order valence-electron chi connectivity index (χ3n) is 14.9. The molecule has 0 aliphatic heterocycles. The Labute approximate surface area is 478 Å².